The Balaban J connectivity index is 0.00000400. The fraction of sp³-hybridized carbons (Fsp3) is 1.00. The normalized spacial score (nSPS) is 25.9. The van der Waals surface area contributed by atoms with Gasteiger partial charge in [-0.25, -0.2) is 0 Å². The van der Waals surface area contributed by atoms with Gasteiger partial charge < -0.3 is 26.7 Å². The first-order chi connectivity index (χ1) is 9.66. The van der Waals surface area contributed by atoms with Gasteiger partial charge in [-0.05, 0) is 12.3 Å². The summed E-state index contributed by atoms with van der Waals surface area (Å²) in [6, 6.07) is 0.583. The van der Waals surface area contributed by atoms with Crippen LogP contribution in [0, 0.1) is 5.92 Å². The molecule has 1 rings (SSSR count). The Morgan fingerprint density at radius 1 is 1.19 bits per heavy atom. The van der Waals surface area contributed by atoms with E-state index < -0.39 is 0 Å². The van der Waals surface area contributed by atoms with E-state index in [0.717, 1.165) is 36.7 Å². The molecule has 0 spiro atoms. The average Bonchev–Trinajstić information content (AvgIpc) is 2.42. The van der Waals surface area contributed by atoms with Gasteiger partial charge in [-0.15, -0.1) is 0 Å². The summed E-state index contributed by atoms with van der Waals surface area (Å²) in [6.45, 7) is 8.55. The zero-order chi connectivity index (χ0) is 14.8. The summed E-state index contributed by atoms with van der Waals surface area (Å²) in [7, 11) is 2.29. The molecule has 0 radical (unpaired) electrons. The second-order valence-corrected chi connectivity index (χ2v) is 6.75. The number of aliphatic hydroxyl groups excluding tert-OH is 1. The maximum absolute atomic E-state index is 9.30. The summed E-state index contributed by atoms with van der Waals surface area (Å²) in [5.41, 5.74) is 0. The van der Waals surface area contributed by atoms with Gasteiger partial charge in [-0.2, -0.15) is 0 Å². The van der Waals surface area contributed by atoms with Crippen molar-refractivity contribution < 1.29 is 26.7 Å². The van der Waals surface area contributed by atoms with Crippen molar-refractivity contribution in [3.63, 3.8) is 0 Å². The van der Waals surface area contributed by atoms with E-state index in [0.29, 0.717) is 12.6 Å². The molecule has 3 nitrogen and oxygen atoms in total. The van der Waals surface area contributed by atoms with Gasteiger partial charge >= 0.3 is 0 Å². The fourth-order valence-electron chi connectivity index (χ4n) is 3.66. The first-order valence-corrected chi connectivity index (χ1v) is 8.69. The topological polar surface area (TPSA) is 29.5 Å². The van der Waals surface area contributed by atoms with Crippen LogP contribution in [0.5, 0.6) is 0 Å². The van der Waals surface area contributed by atoms with Gasteiger partial charge in [0.25, 0.3) is 0 Å². The van der Waals surface area contributed by atoms with Crippen LogP contribution < -0.4 is 12.4 Å². The lowest BCUT2D eigenvalue weighted by Gasteiger charge is -2.44. The second kappa shape index (κ2) is 11.7. The molecule has 128 valence electrons. The van der Waals surface area contributed by atoms with Crippen molar-refractivity contribution >= 4 is 0 Å². The molecule has 2 unspecified atom stereocenters. The molecule has 2 atom stereocenters. The first kappa shape index (κ1) is 21.2. The van der Waals surface area contributed by atoms with Gasteiger partial charge in [0.15, 0.2) is 0 Å². The SMILES string of the molecule is CCCC(CCC)CCCC1COCC[N+]1(C)CCO.[Cl-]. The van der Waals surface area contributed by atoms with Crippen LogP contribution in [0.4, 0.5) is 0 Å². The molecule has 21 heavy (non-hydrogen) atoms. The summed E-state index contributed by atoms with van der Waals surface area (Å²) < 4.78 is 6.68. The van der Waals surface area contributed by atoms with Gasteiger partial charge in [0.1, 0.15) is 19.1 Å². The highest BCUT2D eigenvalue weighted by Gasteiger charge is 2.35. The smallest absolute Gasteiger partial charge is 0.113 e. The van der Waals surface area contributed by atoms with Crippen LogP contribution >= 0.6 is 0 Å². The highest BCUT2D eigenvalue weighted by molar-refractivity contribution is 4.66. The molecule has 1 aliphatic rings. The van der Waals surface area contributed by atoms with E-state index in [-0.39, 0.29) is 12.4 Å². The van der Waals surface area contributed by atoms with E-state index in [1.165, 1.54) is 44.9 Å². The van der Waals surface area contributed by atoms with Crippen molar-refractivity contribution in [2.45, 2.75) is 64.8 Å². The molecule has 0 aromatic heterocycles. The zero-order valence-corrected chi connectivity index (χ0v) is 15.1. The molecule has 1 fully saturated rings. The number of aliphatic hydroxyl groups is 1. The largest absolute Gasteiger partial charge is 1.00 e. The quantitative estimate of drug-likeness (QED) is 0.583. The second-order valence-electron chi connectivity index (χ2n) is 6.75. The van der Waals surface area contributed by atoms with Crippen LogP contribution in [-0.4, -0.2) is 55.6 Å². The Bertz CT molecular complexity index is 243. The van der Waals surface area contributed by atoms with Crippen molar-refractivity contribution in [2.24, 2.45) is 5.92 Å². The number of halogens is 1. The van der Waals surface area contributed by atoms with Gasteiger partial charge in [0.2, 0.25) is 0 Å². The number of hydrogen-bond acceptors (Lipinski definition) is 2. The van der Waals surface area contributed by atoms with Crippen LogP contribution in [0.25, 0.3) is 0 Å². The Labute approximate surface area is 138 Å². The summed E-state index contributed by atoms with van der Waals surface area (Å²) in [5, 5.41) is 9.30. The van der Waals surface area contributed by atoms with E-state index in [1.54, 1.807) is 0 Å². The maximum atomic E-state index is 9.30. The van der Waals surface area contributed by atoms with E-state index >= 15 is 0 Å². The van der Waals surface area contributed by atoms with E-state index in [1.807, 2.05) is 0 Å². The monoisotopic (exact) mass is 321 g/mol. The van der Waals surface area contributed by atoms with Gasteiger partial charge in [-0.3, -0.25) is 0 Å². The highest BCUT2D eigenvalue weighted by atomic mass is 35.5. The molecule has 0 amide bonds. The third-order valence-corrected chi connectivity index (χ3v) is 5.09. The Kier molecular flexibility index (Phi) is 11.8. The van der Waals surface area contributed by atoms with Gasteiger partial charge in [0, 0.05) is 6.42 Å². The van der Waals surface area contributed by atoms with E-state index in [4.69, 9.17) is 4.74 Å². The lowest BCUT2D eigenvalue weighted by Crippen LogP contribution is -3.00. The predicted octanol–water partition coefficient (Wildman–Crippen LogP) is 0.215. The third kappa shape index (κ3) is 7.32. The molecular weight excluding hydrogens is 286 g/mol. The summed E-state index contributed by atoms with van der Waals surface area (Å²) in [4.78, 5) is 0. The van der Waals surface area contributed by atoms with Crippen LogP contribution in [0.1, 0.15) is 58.8 Å². The average molecular weight is 322 g/mol. The third-order valence-electron chi connectivity index (χ3n) is 5.09. The minimum absolute atomic E-state index is 0. The van der Waals surface area contributed by atoms with Crippen molar-refractivity contribution in [2.75, 3.05) is 40.0 Å². The minimum atomic E-state index is 0. The lowest BCUT2D eigenvalue weighted by atomic mass is 9.91. The summed E-state index contributed by atoms with van der Waals surface area (Å²) in [6.07, 6.45) is 9.34. The van der Waals surface area contributed by atoms with Crippen molar-refractivity contribution in [3.8, 4) is 0 Å². The number of morpholine rings is 1. The predicted molar refractivity (Wildman–Crippen MR) is 84.8 cm³/mol. The Morgan fingerprint density at radius 2 is 1.86 bits per heavy atom. The molecule has 0 aromatic rings. The standard InChI is InChI=1S/C17H36NO2.ClH/c1-4-7-16(8-5-2)9-6-10-17-15-20-14-12-18(17,3)11-13-19;/h16-17,19H,4-15H2,1-3H3;1H/q+1;/p-1. The molecule has 0 saturated carbocycles. The lowest BCUT2D eigenvalue weighted by molar-refractivity contribution is -0.941. The van der Waals surface area contributed by atoms with E-state index in [2.05, 4.69) is 20.9 Å². The highest BCUT2D eigenvalue weighted by Crippen LogP contribution is 2.24. The van der Waals surface area contributed by atoms with E-state index in [9.17, 15) is 5.11 Å². The van der Waals surface area contributed by atoms with Crippen molar-refractivity contribution in [3.05, 3.63) is 0 Å². The van der Waals surface area contributed by atoms with Crippen LogP contribution in [0.2, 0.25) is 0 Å². The fourth-order valence-corrected chi connectivity index (χ4v) is 3.66. The van der Waals surface area contributed by atoms with Gasteiger partial charge in [-0.1, -0.05) is 46.0 Å². The van der Waals surface area contributed by atoms with Gasteiger partial charge in [0.05, 0.1) is 26.9 Å². The molecule has 1 N–H and O–H groups in total. The first-order valence-electron chi connectivity index (χ1n) is 8.69. The van der Waals surface area contributed by atoms with Crippen LogP contribution in [-0.2, 0) is 4.74 Å². The molecule has 0 aliphatic carbocycles. The molecule has 1 aliphatic heterocycles. The number of nitrogens with zero attached hydrogens (tertiary/aromatic N) is 1. The molecule has 1 saturated heterocycles. The summed E-state index contributed by atoms with van der Waals surface area (Å²) >= 11 is 0. The van der Waals surface area contributed by atoms with Crippen molar-refractivity contribution in [1.29, 1.82) is 0 Å². The number of rotatable bonds is 10. The maximum Gasteiger partial charge on any atom is 0.113 e. The summed E-state index contributed by atoms with van der Waals surface area (Å²) in [5.74, 6) is 0.922. The Hall–Kier alpha value is 0.170. The Morgan fingerprint density at radius 3 is 2.43 bits per heavy atom. The molecule has 1 heterocycles. The number of ether oxygens (including phenoxy) is 1. The van der Waals surface area contributed by atoms with Crippen molar-refractivity contribution in [1.82, 2.24) is 0 Å². The number of quaternary nitrogens is 1. The molecule has 0 aromatic carbocycles. The molecular formula is C17H36ClNO2. The number of likely N-dealkylation sites (N-methyl/N-ethyl adjacent to an activating group) is 1. The minimum Gasteiger partial charge on any atom is -1.00 e. The van der Waals surface area contributed by atoms with Crippen LogP contribution in [0.15, 0.2) is 0 Å². The molecule has 0 bridgehead atoms. The zero-order valence-electron chi connectivity index (χ0n) is 14.3. The number of hydrogen-bond donors (Lipinski definition) is 1. The van der Waals surface area contributed by atoms with Crippen LogP contribution in [0.3, 0.4) is 0 Å². The molecule has 4 heteroatoms.